The number of carbonyl (C=O) groups is 2. The van der Waals surface area contributed by atoms with Crippen LogP contribution >= 0.6 is 0 Å². The van der Waals surface area contributed by atoms with Crippen molar-refractivity contribution in [3.05, 3.63) is 83.9 Å². The molecule has 3 aromatic carbocycles. The number of benzene rings is 3. The van der Waals surface area contributed by atoms with Crippen molar-refractivity contribution >= 4 is 34.5 Å². The summed E-state index contributed by atoms with van der Waals surface area (Å²) in [6.45, 7) is 12.8. The molecule has 1 atom stereocenters. The zero-order valence-electron chi connectivity index (χ0n) is 25.2. The van der Waals surface area contributed by atoms with Crippen molar-refractivity contribution in [1.82, 2.24) is 10.1 Å². The largest absolute Gasteiger partial charge is 0.483 e. The number of carbonyl (C=O) groups excluding carboxylic acids is 2. The summed E-state index contributed by atoms with van der Waals surface area (Å²) in [5, 5.41) is 2.84. The number of hydrogen-bond donors (Lipinski definition) is 4. The highest BCUT2D eigenvalue weighted by atomic mass is 32.2. The summed E-state index contributed by atoms with van der Waals surface area (Å²) in [7, 11) is 0. The molecule has 0 bridgehead atoms. The van der Waals surface area contributed by atoms with E-state index in [2.05, 4.69) is 74.6 Å². The highest BCUT2D eigenvalue weighted by Crippen LogP contribution is 2.38. The molecule has 0 aromatic heterocycles. The van der Waals surface area contributed by atoms with E-state index in [4.69, 9.17) is 8.92 Å². The van der Waals surface area contributed by atoms with Gasteiger partial charge in [-0.15, -0.1) is 0 Å². The van der Waals surface area contributed by atoms with Gasteiger partial charge in [-0.3, -0.25) is 20.4 Å². The summed E-state index contributed by atoms with van der Waals surface area (Å²) in [5.74, 6) is 0.425. The molecule has 0 fully saturated rings. The maximum absolute atomic E-state index is 12.7. The van der Waals surface area contributed by atoms with E-state index in [0.717, 1.165) is 18.4 Å². The van der Waals surface area contributed by atoms with E-state index in [1.165, 1.54) is 5.56 Å². The lowest BCUT2D eigenvalue weighted by molar-refractivity contribution is -0.119. The quantitative estimate of drug-likeness (QED) is 0.166. The van der Waals surface area contributed by atoms with E-state index in [1.807, 2.05) is 12.1 Å². The first-order valence-electron chi connectivity index (χ1n) is 14.0. The molecule has 0 radical (unpaired) electrons. The highest BCUT2D eigenvalue weighted by Gasteiger charge is 2.27. The topological polar surface area (TPSA) is 118 Å². The lowest BCUT2D eigenvalue weighted by Gasteiger charge is -2.30. The molecule has 2 amide bonds. The van der Waals surface area contributed by atoms with Crippen molar-refractivity contribution in [2.24, 2.45) is 0 Å². The average Bonchev–Trinajstić information content (AvgIpc) is 2.99. The molecule has 10 heteroatoms. The summed E-state index contributed by atoms with van der Waals surface area (Å²) < 4.78 is 25.6. The first kappa shape index (κ1) is 32.6. The lowest BCUT2D eigenvalue weighted by atomic mass is 9.76. The van der Waals surface area contributed by atoms with Gasteiger partial charge in [0.15, 0.2) is 6.61 Å². The molecule has 42 heavy (non-hydrogen) atoms. The normalized spacial score (nSPS) is 12.2. The Hall–Kier alpha value is -3.89. The van der Waals surface area contributed by atoms with Crippen LogP contribution in [0.2, 0.25) is 0 Å². The minimum Gasteiger partial charge on any atom is -0.483 e. The van der Waals surface area contributed by atoms with Gasteiger partial charge in [0.25, 0.3) is 23.1 Å². The zero-order valence-corrected chi connectivity index (χ0v) is 26.0. The smallest absolute Gasteiger partial charge is 0.288 e. The van der Waals surface area contributed by atoms with Crippen molar-refractivity contribution in [2.75, 3.05) is 23.9 Å². The Morgan fingerprint density at radius 1 is 0.810 bits per heavy atom. The second-order valence-corrected chi connectivity index (χ2v) is 12.2. The first-order chi connectivity index (χ1) is 19.9. The first-order valence-corrected chi connectivity index (χ1v) is 15.1. The molecule has 0 aliphatic heterocycles. The van der Waals surface area contributed by atoms with Crippen LogP contribution in [-0.2, 0) is 31.7 Å². The molecule has 0 heterocycles. The number of rotatable bonds is 15. The van der Waals surface area contributed by atoms with Crippen molar-refractivity contribution in [3.63, 3.8) is 0 Å². The van der Waals surface area contributed by atoms with Gasteiger partial charge < -0.3 is 14.2 Å². The van der Waals surface area contributed by atoms with Gasteiger partial charge in [-0.1, -0.05) is 71.9 Å². The molecule has 0 aliphatic carbocycles. The molecule has 1 unspecified atom stereocenters. The van der Waals surface area contributed by atoms with Gasteiger partial charge in [-0.25, -0.2) is 0 Å². The van der Waals surface area contributed by atoms with Crippen molar-refractivity contribution in [1.29, 1.82) is 0 Å². The van der Waals surface area contributed by atoms with Gasteiger partial charge in [0, 0.05) is 11.3 Å². The summed E-state index contributed by atoms with van der Waals surface area (Å²) in [6, 6.07) is 21.8. The van der Waals surface area contributed by atoms with Gasteiger partial charge in [0.1, 0.15) is 11.5 Å². The molecule has 0 saturated carbocycles. The van der Waals surface area contributed by atoms with Crippen LogP contribution in [0.15, 0.2) is 72.8 Å². The molecule has 9 nitrogen and oxygen atoms in total. The minimum absolute atomic E-state index is 0.0486. The summed E-state index contributed by atoms with van der Waals surface area (Å²) in [5.41, 5.74) is 8.76. The number of nitrogens with one attached hydrogen (secondary N) is 4. The Kier molecular flexibility index (Phi) is 11.5. The molecule has 4 N–H and O–H groups in total. The van der Waals surface area contributed by atoms with Crippen LogP contribution in [0.3, 0.4) is 0 Å². The number of amides is 2. The number of ether oxygens (including phenoxy) is 1. The van der Waals surface area contributed by atoms with E-state index in [1.54, 1.807) is 48.5 Å². The number of hydrazine groups is 1. The summed E-state index contributed by atoms with van der Waals surface area (Å²) in [6.07, 6.45) is 1.96. The fraction of sp³-hybridized carbons (Fsp3) is 0.375. The second kappa shape index (κ2) is 14.8. The fourth-order valence-electron chi connectivity index (χ4n) is 3.88. The number of hydrogen-bond acceptors (Lipinski definition) is 6. The van der Waals surface area contributed by atoms with Crippen LogP contribution in [0, 0.1) is 0 Å². The van der Waals surface area contributed by atoms with Crippen LogP contribution < -0.4 is 29.8 Å². The standard InChI is InChI=1S/C32H42N4O5S/c1-7-31(3,4)23-14-19-28(27(20-23)32(5,6)8-2)40-22-30(38)34-24-15-17-25(18-16-24)35-36-29(37)21-33-42(39)41-26-12-10-9-11-13-26/h9-20,33,35H,7-8,21-22H2,1-6H3,(H,34,38)(H,36,37). The second-order valence-electron chi connectivity index (χ2n) is 11.2. The van der Waals surface area contributed by atoms with E-state index >= 15 is 0 Å². The third kappa shape index (κ3) is 9.60. The predicted molar refractivity (Wildman–Crippen MR) is 169 cm³/mol. The third-order valence-electron chi connectivity index (χ3n) is 7.40. The van der Waals surface area contributed by atoms with E-state index in [0.29, 0.717) is 22.9 Å². The molecule has 0 aliphatic rings. The van der Waals surface area contributed by atoms with Gasteiger partial charge in [0.05, 0.1) is 12.2 Å². The minimum atomic E-state index is -1.86. The molecule has 0 saturated heterocycles. The Morgan fingerprint density at radius 3 is 2.10 bits per heavy atom. The molecular formula is C32H42N4O5S. The van der Waals surface area contributed by atoms with Gasteiger partial charge in [-0.05, 0) is 71.7 Å². The predicted octanol–water partition coefficient (Wildman–Crippen LogP) is 5.77. The molecule has 3 rings (SSSR count). The SMILES string of the molecule is CCC(C)(C)c1ccc(OCC(=O)Nc2ccc(NNC(=O)CNS(=O)Oc3ccccc3)cc2)c(C(C)(C)CC)c1. The van der Waals surface area contributed by atoms with E-state index in [-0.39, 0.29) is 29.9 Å². The van der Waals surface area contributed by atoms with Crippen LogP contribution in [0.4, 0.5) is 11.4 Å². The van der Waals surface area contributed by atoms with Crippen LogP contribution in [0.5, 0.6) is 11.5 Å². The Labute approximate surface area is 251 Å². The molecule has 226 valence electrons. The number of anilines is 2. The van der Waals surface area contributed by atoms with Gasteiger partial charge in [0.2, 0.25) is 0 Å². The van der Waals surface area contributed by atoms with Crippen LogP contribution in [0.1, 0.15) is 65.5 Å². The highest BCUT2D eigenvalue weighted by molar-refractivity contribution is 7.78. The van der Waals surface area contributed by atoms with Crippen LogP contribution in [0.25, 0.3) is 0 Å². The molecule has 0 spiro atoms. The average molecular weight is 595 g/mol. The van der Waals surface area contributed by atoms with E-state index < -0.39 is 17.2 Å². The van der Waals surface area contributed by atoms with Crippen LogP contribution in [-0.4, -0.2) is 29.2 Å². The number of para-hydroxylation sites is 1. The maximum atomic E-state index is 12.7. The zero-order chi connectivity index (χ0) is 30.8. The van der Waals surface area contributed by atoms with Crippen molar-refractivity contribution < 1.29 is 22.7 Å². The fourth-order valence-corrected chi connectivity index (χ4v) is 4.47. The Balaban J connectivity index is 1.48. The maximum Gasteiger partial charge on any atom is 0.288 e. The Morgan fingerprint density at radius 2 is 1.45 bits per heavy atom. The van der Waals surface area contributed by atoms with Gasteiger partial charge in [-0.2, -0.15) is 8.93 Å². The third-order valence-corrected chi connectivity index (χ3v) is 8.12. The van der Waals surface area contributed by atoms with Crippen molar-refractivity contribution in [3.8, 4) is 11.5 Å². The summed E-state index contributed by atoms with van der Waals surface area (Å²) >= 11 is -1.86. The molecule has 3 aromatic rings. The summed E-state index contributed by atoms with van der Waals surface area (Å²) in [4.78, 5) is 24.7. The van der Waals surface area contributed by atoms with Crippen molar-refractivity contribution in [2.45, 2.75) is 65.2 Å². The lowest BCUT2D eigenvalue weighted by Crippen LogP contribution is -2.38. The molecular weight excluding hydrogens is 552 g/mol. The Bertz CT molecular complexity index is 1360. The van der Waals surface area contributed by atoms with Gasteiger partial charge >= 0.3 is 0 Å². The monoisotopic (exact) mass is 594 g/mol. The van der Waals surface area contributed by atoms with E-state index in [9.17, 15) is 13.8 Å².